The molecule has 136 valence electrons. The Labute approximate surface area is 147 Å². The van der Waals surface area contributed by atoms with Gasteiger partial charge in [0.25, 0.3) is 5.91 Å². The van der Waals surface area contributed by atoms with E-state index in [1.165, 1.54) is 0 Å². The number of amides is 1. The van der Waals surface area contributed by atoms with E-state index >= 15 is 0 Å². The molecule has 2 aromatic rings. The number of rotatable bonds is 8. The fourth-order valence-electron chi connectivity index (χ4n) is 2.11. The third-order valence-corrected chi connectivity index (χ3v) is 3.07. The minimum absolute atomic E-state index is 0.0599. The van der Waals surface area contributed by atoms with Crippen molar-refractivity contribution in [3.05, 3.63) is 36.4 Å². The van der Waals surface area contributed by atoms with Crippen LogP contribution in [0.5, 0.6) is 11.5 Å². The minimum Gasteiger partial charge on any atom is -0.490 e. The lowest BCUT2D eigenvalue weighted by molar-refractivity contribution is -0.124. The third-order valence-electron chi connectivity index (χ3n) is 3.07. The summed E-state index contributed by atoms with van der Waals surface area (Å²) in [6, 6.07) is 5.60. The third kappa shape index (κ3) is 6.33. The lowest BCUT2D eigenvalue weighted by Crippen LogP contribution is -2.43. The molecule has 0 unspecified atom stereocenters. The SMILES string of the molecule is CCOc1cc(CNn2cnnc2)ccc1OCC(=O)NC(C)(C)C. The van der Waals surface area contributed by atoms with E-state index in [-0.39, 0.29) is 18.1 Å². The van der Waals surface area contributed by atoms with Crippen molar-refractivity contribution < 1.29 is 14.3 Å². The predicted octanol–water partition coefficient (Wildman–Crippen LogP) is 1.71. The smallest absolute Gasteiger partial charge is 0.258 e. The molecule has 0 saturated heterocycles. The zero-order chi connectivity index (χ0) is 18.3. The molecule has 1 aromatic heterocycles. The molecule has 2 N–H and O–H groups in total. The molecular formula is C17H25N5O3. The first kappa shape index (κ1) is 18.6. The molecule has 0 aliphatic rings. The Morgan fingerprint density at radius 2 is 1.88 bits per heavy atom. The van der Waals surface area contributed by atoms with Crippen LogP contribution in [0.25, 0.3) is 0 Å². The van der Waals surface area contributed by atoms with E-state index in [1.54, 1.807) is 23.4 Å². The quantitative estimate of drug-likeness (QED) is 0.756. The molecule has 0 saturated carbocycles. The summed E-state index contributed by atoms with van der Waals surface area (Å²) in [5, 5.41) is 10.3. The minimum atomic E-state index is -0.291. The summed E-state index contributed by atoms with van der Waals surface area (Å²) in [5.74, 6) is 0.973. The van der Waals surface area contributed by atoms with Gasteiger partial charge in [-0.3, -0.25) is 4.79 Å². The highest BCUT2D eigenvalue weighted by atomic mass is 16.5. The zero-order valence-electron chi connectivity index (χ0n) is 15.1. The van der Waals surface area contributed by atoms with Crippen molar-refractivity contribution in [2.75, 3.05) is 18.6 Å². The van der Waals surface area contributed by atoms with Crippen LogP contribution in [0.2, 0.25) is 0 Å². The van der Waals surface area contributed by atoms with Crippen LogP contribution in [0.3, 0.4) is 0 Å². The van der Waals surface area contributed by atoms with Crippen molar-refractivity contribution in [2.24, 2.45) is 0 Å². The van der Waals surface area contributed by atoms with E-state index in [1.807, 2.05) is 39.8 Å². The molecule has 25 heavy (non-hydrogen) atoms. The van der Waals surface area contributed by atoms with Gasteiger partial charge < -0.3 is 20.2 Å². The van der Waals surface area contributed by atoms with Crippen LogP contribution < -0.4 is 20.2 Å². The van der Waals surface area contributed by atoms with Crippen LogP contribution in [0.15, 0.2) is 30.9 Å². The monoisotopic (exact) mass is 347 g/mol. The summed E-state index contributed by atoms with van der Waals surface area (Å²) in [6.45, 7) is 8.69. The summed E-state index contributed by atoms with van der Waals surface area (Å²) in [4.78, 5) is 11.9. The summed E-state index contributed by atoms with van der Waals surface area (Å²) < 4.78 is 12.9. The molecule has 1 heterocycles. The Balaban J connectivity index is 1.98. The van der Waals surface area contributed by atoms with Crippen LogP contribution in [0, 0.1) is 0 Å². The van der Waals surface area contributed by atoms with Crippen molar-refractivity contribution in [1.29, 1.82) is 0 Å². The van der Waals surface area contributed by atoms with Gasteiger partial charge >= 0.3 is 0 Å². The van der Waals surface area contributed by atoms with Crippen molar-refractivity contribution in [1.82, 2.24) is 20.2 Å². The number of nitrogens with one attached hydrogen (secondary N) is 2. The molecule has 8 heteroatoms. The standard InChI is InChI=1S/C17H25N5O3/c1-5-24-15-8-13(9-20-22-11-18-19-12-22)6-7-14(15)25-10-16(23)21-17(2,3)4/h6-8,11-12,20H,5,9-10H2,1-4H3,(H,21,23). The molecule has 0 fully saturated rings. The maximum absolute atomic E-state index is 11.9. The second-order valence-electron chi connectivity index (χ2n) is 6.50. The first-order valence-corrected chi connectivity index (χ1v) is 8.15. The van der Waals surface area contributed by atoms with E-state index in [2.05, 4.69) is 20.9 Å². The number of benzene rings is 1. The van der Waals surface area contributed by atoms with Crippen LogP contribution >= 0.6 is 0 Å². The number of ether oxygens (including phenoxy) is 2. The van der Waals surface area contributed by atoms with Gasteiger partial charge in [0.05, 0.1) is 13.2 Å². The maximum atomic E-state index is 11.9. The van der Waals surface area contributed by atoms with Crippen LogP contribution in [0.4, 0.5) is 0 Å². The average Bonchev–Trinajstić information content (AvgIpc) is 3.04. The summed E-state index contributed by atoms with van der Waals surface area (Å²) in [7, 11) is 0. The number of hydrogen-bond donors (Lipinski definition) is 2. The Hall–Kier alpha value is -2.77. The largest absolute Gasteiger partial charge is 0.490 e. The maximum Gasteiger partial charge on any atom is 0.258 e. The van der Waals surface area contributed by atoms with Gasteiger partial charge in [0, 0.05) is 5.54 Å². The predicted molar refractivity (Wildman–Crippen MR) is 94.1 cm³/mol. The second-order valence-corrected chi connectivity index (χ2v) is 6.50. The number of aromatic nitrogens is 3. The Morgan fingerprint density at radius 3 is 2.52 bits per heavy atom. The molecular weight excluding hydrogens is 322 g/mol. The molecule has 0 aliphatic carbocycles. The Kier molecular flexibility index (Phi) is 6.21. The van der Waals surface area contributed by atoms with Gasteiger partial charge in [-0.05, 0) is 45.4 Å². The molecule has 1 aromatic carbocycles. The lowest BCUT2D eigenvalue weighted by atomic mass is 10.1. The van der Waals surface area contributed by atoms with Gasteiger partial charge in [0.15, 0.2) is 18.1 Å². The number of nitrogens with zero attached hydrogens (tertiary/aromatic N) is 3. The Morgan fingerprint density at radius 1 is 1.16 bits per heavy atom. The van der Waals surface area contributed by atoms with Crippen molar-refractivity contribution in [3.63, 3.8) is 0 Å². The summed E-state index contributed by atoms with van der Waals surface area (Å²) in [5.41, 5.74) is 3.85. The average molecular weight is 347 g/mol. The van der Waals surface area contributed by atoms with Crippen molar-refractivity contribution in [2.45, 2.75) is 39.8 Å². The molecule has 0 bridgehead atoms. The normalized spacial score (nSPS) is 11.0. The van der Waals surface area contributed by atoms with E-state index in [0.29, 0.717) is 24.7 Å². The number of carbonyl (C=O) groups is 1. The number of hydrogen-bond acceptors (Lipinski definition) is 6. The fourth-order valence-corrected chi connectivity index (χ4v) is 2.11. The molecule has 8 nitrogen and oxygen atoms in total. The molecule has 0 atom stereocenters. The first-order valence-electron chi connectivity index (χ1n) is 8.15. The fraction of sp³-hybridized carbons (Fsp3) is 0.471. The van der Waals surface area contributed by atoms with Gasteiger partial charge in [0.2, 0.25) is 0 Å². The van der Waals surface area contributed by atoms with Gasteiger partial charge in [-0.15, -0.1) is 10.2 Å². The second kappa shape index (κ2) is 8.36. The molecule has 1 amide bonds. The molecule has 0 radical (unpaired) electrons. The lowest BCUT2D eigenvalue weighted by Gasteiger charge is -2.21. The van der Waals surface area contributed by atoms with Crippen LogP contribution in [-0.2, 0) is 11.3 Å². The highest BCUT2D eigenvalue weighted by Gasteiger charge is 2.15. The molecule has 0 spiro atoms. The van der Waals surface area contributed by atoms with Gasteiger partial charge in [-0.1, -0.05) is 6.07 Å². The molecule has 2 rings (SSSR count). The Bertz CT molecular complexity index is 680. The summed E-state index contributed by atoms with van der Waals surface area (Å²) in [6.07, 6.45) is 3.16. The van der Waals surface area contributed by atoms with E-state index in [0.717, 1.165) is 5.56 Å². The summed E-state index contributed by atoms with van der Waals surface area (Å²) >= 11 is 0. The van der Waals surface area contributed by atoms with Gasteiger partial charge in [-0.25, -0.2) is 4.68 Å². The van der Waals surface area contributed by atoms with Crippen LogP contribution in [-0.4, -0.2) is 39.5 Å². The van der Waals surface area contributed by atoms with E-state index in [4.69, 9.17) is 9.47 Å². The highest BCUT2D eigenvalue weighted by molar-refractivity contribution is 5.78. The number of carbonyl (C=O) groups excluding carboxylic acids is 1. The first-order chi connectivity index (χ1) is 11.9. The van der Waals surface area contributed by atoms with Gasteiger partial charge in [-0.2, -0.15) is 0 Å². The van der Waals surface area contributed by atoms with Crippen molar-refractivity contribution in [3.8, 4) is 11.5 Å². The van der Waals surface area contributed by atoms with Gasteiger partial charge in [0.1, 0.15) is 12.7 Å². The van der Waals surface area contributed by atoms with E-state index in [9.17, 15) is 4.79 Å². The highest BCUT2D eigenvalue weighted by Crippen LogP contribution is 2.28. The zero-order valence-corrected chi connectivity index (χ0v) is 15.1. The topological polar surface area (TPSA) is 90.3 Å². The van der Waals surface area contributed by atoms with Crippen LogP contribution in [0.1, 0.15) is 33.3 Å². The molecule has 0 aliphatic heterocycles. The van der Waals surface area contributed by atoms with Crippen molar-refractivity contribution >= 4 is 5.91 Å². The van der Waals surface area contributed by atoms with E-state index < -0.39 is 0 Å².